The molecule has 4 nitrogen and oxygen atoms in total. The zero-order valence-electron chi connectivity index (χ0n) is 11.9. The van der Waals surface area contributed by atoms with E-state index >= 15 is 0 Å². The minimum absolute atomic E-state index is 0.0171. The lowest BCUT2D eigenvalue weighted by Crippen LogP contribution is -2.53. The Bertz CT molecular complexity index is 227. The normalized spacial score (nSPS) is 12.6. The lowest BCUT2D eigenvalue weighted by molar-refractivity contribution is -0.122. The van der Waals surface area contributed by atoms with Crippen molar-refractivity contribution in [3.05, 3.63) is 0 Å². The zero-order valence-corrected chi connectivity index (χ0v) is 11.9. The average Bonchev–Trinajstić information content (AvgIpc) is 2.31. The monoisotopic (exact) mass is 244 g/mol. The van der Waals surface area contributed by atoms with Gasteiger partial charge in [-0.05, 0) is 33.1 Å². The molecule has 102 valence electrons. The van der Waals surface area contributed by atoms with Crippen molar-refractivity contribution < 1.29 is 9.90 Å². The molecule has 1 amide bonds. The SMILES string of the molecule is CCC(C)(C)NC(=O)CNC(CC)(CC)CO. The quantitative estimate of drug-likeness (QED) is 0.605. The minimum atomic E-state index is -0.326. The molecule has 0 atom stereocenters. The Kier molecular flexibility index (Phi) is 6.72. The Morgan fingerprint density at radius 2 is 1.65 bits per heavy atom. The first-order valence-corrected chi connectivity index (χ1v) is 6.51. The molecule has 17 heavy (non-hydrogen) atoms. The standard InChI is InChI=1S/C13H28N2O2/c1-6-12(4,5)15-11(17)9-14-13(7-2,8-3)10-16/h14,16H,6-10H2,1-5H3,(H,15,17). The fourth-order valence-electron chi connectivity index (χ4n) is 1.56. The molecule has 0 spiro atoms. The van der Waals surface area contributed by atoms with Gasteiger partial charge in [-0.2, -0.15) is 0 Å². The molecule has 0 aromatic carbocycles. The first-order valence-electron chi connectivity index (χ1n) is 6.51. The van der Waals surface area contributed by atoms with Gasteiger partial charge in [0.1, 0.15) is 0 Å². The highest BCUT2D eigenvalue weighted by atomic mass is 16.3. The fraction of sp³-hybridized carbons (Fsp3) is 0.923. The van der Waals surface area contributed by atoms with E-state index in [4.69, 9.17) is 0 Å². The molecule has 0 aromatic heterocycles. The van der Waals surface area contributed by atoms with E-state index in [2.05, 4.69) is 10.6 Å². The Labute approximate surface area is 105 Å². The molecule has 0 unspecified atom stereocenters. The second-order valence-corrected chi connectivity index (χ2v) is 5.28. The first-order chi connectivity index (χ1) is 7.84. The average molecular weight is 244 g/mol. The number of carbonyl (C=O) groups excluding carboxylic acids is 1. The summed E-state index contributed by atoms with van der Waals surface area (Å²) >= 11 is 0. The molecule has 0 saturated carbocycles. The first kappa shape index (κ1) is 16.4. The highest BCUT2D eigenvalue weighted by Gasteiger charge is 2.26. The van der Waals surface area contributed by atoms with Gasteiger partial charge in [0, 0.05) is 11.1 Å². The molecule has 0 radical (unpaired) electrons. The van der Waals surface area contributed by atoms with Gasteiger partial charge in [-0.3, -0.25) is 4.79 Å². The summed E-state index contributed by atoms with van der Waals surface area (Å²) in [5, 5.41) is 15.5. The lowest BCUT2D eigenvalue weighted by Gasteiger charge is -2.32. The van der Waals surface area contributed by atoms with Gasteiger partial charge in [-0.25, -0.2) is 0 Å². The third-order valence-corrected chi connectivity index (χ3v) is 3.64. The van der Waals surface area contributed by atoms with E-state index < -0.39 is 0 Å². The van der Waals surface area contributed by atoms with Gasteiger partial charge in [0.2, 0.25) is 5.91 Å². The number of aliphatic hydroxyl groups excluding tert-OH is 1. The van der Waals surface area contributed by atoms with Crippen LogP contribution in [-0.2, 0) is 4.79 Å². The predicted octanol–water partition coefficient (Wildman–Crippen LogP) is 1.43. The van der Waals surface area contributed by atoms with Crippen LogP contribution < -0.4 is 10.6 Å². The van der Waals surface area contributed by atoms with Crippen molar-refractivity contribution in [3.8, 4) is 0 Å². The number of rotatable bonds is 8. The van der Waals surface area contributed by atoms with Crippen molar-refractivity contribution in [2.45, 2.75) is 65.0 Å². The van der Waals surface area contributed by atoms with Gasteiger partial charge in [-0.15, -0.1) is 0 Å². The van der Waals surface area contributed by atoms with Crippen molar-refractivity contribution in [1.82, 2.24) is 10.6 Å². The highest BCUT2D eigenvalue weighted by Crippen LogP contribution is 2.13. The van der Waals surface area contributed by atoms with E-state index in [1.165, 1.54) is 0 Å². The minimum Gasteiger partial charge on any atom is -0.394 e. The number of nitrogens with one attached hydrogen (secondary N) is 2. The summed E-state index contributed by atoms with van der Waals surface area (Å²) in [5.74, 6) is -0.0171. The molecular formula is C13H28N2O2. The van der Waals surface area contributed by atoms with Gasteiger partial charge in [0.15, 0.2) is 0 Å². The van der Waals surface area contributed by atoms with Crippen molar-refractivity contribution in [2.75, 3.05) is 13.2 Å². The van der Waals surface area contributed by atoms with E-state index in [9.17, 15) is 9.90 Å². The van der Waals surface area contributed by atoms with Crippen LogP contribution in [0, 0.1) is 0 Å². The van der Waals surface area contributed by atoms with Crippen molar-refractivity contribution in [3.63, 3.8) is 0 Å². The number of hydrogen-bond donors (Lipinski definition) is 3. The summed E-state index contributed by atoms with van der Waals surface area (Å²) in [5.41, 5.74) is -0.493. The van der Waals surface area contributed by atoms with E-state index in [0.717, 1.165) is 19.3 Å². The number of carbonyl (C=O) groups is 1. The van der Waals surface area contributed by atoms with Gasteiger partial charge < -0.3 is 15.7 Å². The van der Waals surface area contributed by atoms with Crippen molar-refractivity contribution in [2.24, 2.45) is 0 Å². The molecular weight excluding hydrogens is 216 g/mol. The van der Waals surface area contributed by atoms with Crippen LogP contribution in [0.3, 0.4) is 0 Å². The largest absolute Gasteiger partial charge is 0.394 e. The van der Waals surface area contributed by atoms with Crippen molar-refractivity contribution >= 4 is 5.91 Å². The second kappa shape index (κ2) is 6.97. The maximum Gasteiger partial charge on any atom is 0.234 e. The Morgan fingerprint density at radius 3 is 2.00 bits per heavy atom. The summed E-state index contributed by atoms with van der Waals surface area (Å²) in [6.07, 6.45) is 2.51. The smallest absolute Gasteiger partial charge is 0.234 e. The van der Waals surface area contributed by atoms with Gasteiger partial charge >= 0.3 is 0 Å². The Balaban J connectivity index is 4.23. The molecule has 3 N–H and O–H groups in total. The molecule has 0 aliphatic heterocycles. The van der Waals surface area contributed by atoms with Crippen LogP contribution in [0.5, 0.6) is 0 Å². The zero-order chi connectivity index (χ0) is 13.5. The molecule has 0 aliphatic rings. The number of aliphatic hydroxyl groups is 1. The van der Waals surface area contributed by atoms with Crippen LogP contribution in [0.1, 0.15) is 53.9 Å². The highest BCUT2D eigenvalue weighted by molar-refractivity contribution is 5.78. The van der Waals surface area contributed by atoms with E-state index in [-0.39, 0.29) is 30.1 Å². The maximum atomic E-state index is 11.8. The summed E-state index contributed by atoms with van der Waals surface area (Å²) in [6.45, 7) is 10.4. The Morgan fingerprint density at radius 1 is 1.12 bits per heavy atom. The van der Waals surface area contributed by atoms with Gasteiger partial charge in [0.05, 0.1) is 13.2 Å². The van der Waals surface area contributed by atoms with Crippen LogP contribution in [0.15, 0.2) is 0 Å². The Hall–Kier alpha value is -0.610. The van der Waals surface area contributed by atoms with E-state index in [1.54, 1.807) is 0 Å². The topological polar surface area (TPSA) is 61.4 Å². The molecule has 4 heteroatoms. The number of amides is 1. The summed E-state index contributed by atoms with van der Waals surface area (Å²) < 4.78 is 0. The second-order valence-electron chi connectivity index (χ2n) is 5.28. The lowest BCUT2D eigenvalue weighted by atomic mass is 9.94. The molecule has 0 saturated heterocycles. The molecule has 0 fully saturated rings. The van der Waals surface area contributed by atoms with Crippen LogP contribution in [0.25, 0.3) is 0 Å². The van der Waals surface area contributed by atoms with E-state index in [1.807, 2.05) is 34.6 Å². The van der Waals surface area contributed by atoms with Gasteiger partial charge in [-0.1, -0.05) is 20.8 Å². The molecule has 0 aromatic rings. The van der Waals surface area contributed by atoms with Crippen LogP contribution in [0.4, 0.5) is 0 Å². The molecule has 0 bridgehead atoms. The molecule has 0 rings (SSSR count). The number of hydrogen-bond acceptors (Lipinski definition) is 3. The molecule has 0 aliphatic carbocycles. The summed E-state index contributed by atoms with van der Waals surface area (Å²) in [6, 6.07) is 0. The summed E-state index contributed by atoms with van der Waals surface area (Å²) in [7, 11) is 0. The van der Waals surface area contributed by atoms with Crippen molar-refractivity contribution in [1.29, 1.82) is 0 Å². The third-order valence-electron chi connectivity index (χ3n) is 3.64. The van der Waals surface area contributed by atoms with Crippen LogP contribution in [0.2, 0.25) is 0 Å². The van der Waals surface area contributed by atoms with E-state index in [0.29, 0.717) is 0 Å². The summed E-state index contributed by atoms with van der Waals surface area (Å²) in [4.78, 5) is 11.8. The fourth-order valence-corrected chi connectivity index (χ4v) is 1.56. The molecule has 0 heterocycles. The van der Waals surface area contributed by atoms with Gasteiger partial charge in [0.25, 0.3) is 0 Å². The predicted molar refractivity (Wildman–Crippen MR) is 70.9 cm³/mol. The third kappa shape index (κ3) is 5.50. The maximum absolute atomic E-state index is 11.8. The van der Waals surface area contributed by atoms with Crippen LogP contribution in [-0.4, -0.2) is 35.2 Å². The van der Waals surface area contributed by atoms with Crippen LogP contribution >= 0.6 is 0 Å².